The zero-order valence-corrected chi connectivity index (χ0v) is 20.4. The lowest BCUT2D eigenvalue weighted by atomic mass is 9.69. The molecule has 1 unspecified atom stereocenters. The Bertz CT molecular complexity index is 1220. The normalized spacial score (nSPS) is 25.8. The summed E-state index contributed by atoms with van der Waals surface area (Å²) in [4.78, 5) is 14.4. The van der Waals surface area contributed by atoms with Gasteiger partial charge in [-0.1, -0.05) is 6.07 Å². The monoisotopic (exact) mass is 479 g/mol. The van der Waals surface area contributed by atoms with Crippen LogP contribution in [0.3, 0.4) is 0 Å². The molecular formula is C25H30FN7O2. The van der Waals surface area contributed by atoms with Crippen molar-refractivity contribution in [3.8, 4) is 34.4 Å². The van der Waals surface area contributed by atoms with Gasteiger partial charge in [0, 0.05) is 29.7 Å². The Kier molecular flexibility index (Phi) is 5.79. The number of phenols is 1. The lowest BCUT2D eigenvalue weighted by molar-refractivity contribution is 0.0784. The summed E-state index contributed by atoms with van der Waals surface area (Å²) < 4.78 is 19.2. The molecule has 10 heteroatoms. The Labute approximate surface area is 203 Å². The summed E-state index contributed by atoms with van der Waals surface area (Å²) in [5.74, 6) is 0.257. The van der Waals surface area contributed by atoms with Gasteiger partial charge in [0.2, 0.25) is 0 Å². The highest BCUT2D eigenvalue weighted by Gasteiger charge is 2.46. The van der Waals surface area contributed by atoms with Crippen LogP contribution in [0, 0.1) is 5.82 Å². The molecule has 4 heterocycles. The van der Waals surface area contributed by atoms with Crippen LogP contribution < -0.4 is 15.0 Å². The highest BCUT2D eigenvalue weighted by atomic mass is 19.1. The highest BCUT2D eigenvalue weighted by Crippen LogP contribution is 2.42. The number of hydrogen-bond acceptors (Lipinski definition) is 9. The van der Waals surface area contributed by atoms with E-state index in [1.54, 1.807) is 18.3 Å². The molecule has 2 N–H and O–H groups in total. The van der Waals surface area contributed by atoms with Gasteiger partial charge in [-0.15, -0.1) is 10.2 Å². The first-order valence-electron chi connectivity index (χ1n) is 11.8. The number of piperidine rings is 2. The van der Waals surface area contributed by atoms with Gasteiger partial charge in [0.1, 0.15) is 11.4 Å². The van der Waals surface area contributed by atoms with Gasteiger partial charge in [-0.05, 0) is 58.1 Å². The average Bonchev–Trinajstić information content (AvgIpc) is 2.83. The minimum atomic E-state index is -0.618. The molecule has 5 rings (SSSR count). The number of nitrogens with one attached hydrogen (secondary N) is 1. The second-order valence-corrected chi connectivity index (χ2v) is 10.2. The van der Waals surface area contributed by atoms with Crippen molar-refractivity contribution in [2.75, 3.05) is 19.1 Å². The fourth-order valence-corrected chi connectivity index (χ4v) is 5.68. The van der Waals surface area contributed by atoms with E-state index in [1.165, 1.54) is 32.4 Å². The molecular weight excluding hydrogens is 449 g/mol. The molecule has 2 aromatic heterocycles. The number of fused-ring (bicyclic) bond motifs is 2. The molecule has 2 fully saturated rings. The Balaban J connectivity index is 1.36. The quantitative estimate of drug-likeness (QED) is 0.565. The first kappa shape index (κ1) is 23.3. The molecule has 1 aromatic carbocycles. The predicted octanol–water partition coefficient (Wildman–Crippen LogP) is 3.74. The van der Waals surface area contributed by atoms with E-state index in [9.17, 15) is 9.50 Å². The van der Waals surface area contributed by atoms with Crippen molar-refractivity contribution >= 4 is 5.82 Å². The molecule has 2 aliphatic heterocycles. The third kappa shape index (κ3) is 4.50. The van der Waals surface area contributed by atoms with Gasteiger partial charge in [-0.3, -0.25) is 0 Å². The van der Waals surface area contributed by atoms with Gasteiger partial charge in [-0.25, -0.2) is 14.4 Å². The maximum atomic E-state index is 14.2. The fourth-order valence-electron chi connectivity index (χ4n) is 5.68. The van der Waals surface area contributed by atoms with E-state index in [0.29, 0.717) is 23.0 Å². The van der Waals surface area contributed by atoms with Crippen LogP contribution in [-0.2, 0) is 0 Å². The molecule has 35 heavy (non-hydrogen) atoms. The van der Waals surface area contributed by atoms with Crippen molar-refractivity contribution in [2.24, 2.45) is 0 Å². The number of aromatic hydroxyl groups is 1. The van der Waals surface area contributed by atoms with E-state index < -0.39 is 5.82 Å². The fraction of sp³-hybridized carbons (Fsp3) is 0.480. The Morgan fingerprint density at radius 3 is 2.49 bits per heavy atom. The molecule has 0 radical (unpaired) electrons. The van der Waals surface area contributed by atoms with Crippen LogP contribution in [0.1, 0.15) is 46.0 Å². The number of nitrogens with zero attached hydrogens (tertiary/aromatic N) is 6. The summed E-state index contributed by atoms with van der Waals surface area (Å²) >= 11 is 0. The predicted molar refractivity (Wildman–Crippen MR) is 130 cm³/mol. The van der Waals surface area contributed by atoms with E-state index in [1.807, 2.05) is 7.05 Å². The topological polar surface area (TPSA) is 109 Å². The lowest BCUT2D eigenvalue weighted by Gasteiger charge is -2.55. The van der Waals surface area contributed by atoms with Crippen molar-refractivity contribution in [1.82, 2.24) is 30.5 Å². The van der Waals surface area contributed by atoms with E-state index in [2.05, 4.69) is 49.2 Å². The maximum Gasteiger partial charge on any atom is 0.316 e. The van der Waals surface area contributed by atoms with Gasteiger partial charge >= 0.3 is 6.01 Å². The molecule has 9 nitrogen and oxygen atoms in total. The van der Waals surface area contributed by atoms with Gasteiger partial charge in [0.05, 0.1) is 25.1 Å². The van der Waals surface area contributed by atoms with Crippen LogP contribution in [0.2, 0.25) is 0 Å². The highest BCUT2D eigenvalue weighted by molar-refractivity contribution is 5.71. The third-order valence-electron chi connectivity index (χ3n) is 7.31. The first-order chi connectivity index (χ1) is 16.7. The molecule has 3 atom stereocenters. The Hall–Kier alpha value is -3.40. The molecule has 3 aromatic rings. The van der Waals surface area contributed by atoms with E-state index >= 15 is 0 Å². The summed E-state index contributed by atoms with van der Waals surface area (Å²) in [5, 5.41) is 23.2. The molecule has 2 aliphatic rings. The number of phenolic OH excluding ortho intramolecular Hbond substituents is 1. The molecule has 0 spiro atoms. The standard InChI is InChI=1S/C25H30FN7O2/c1-24-8-5-9-25(2,32-24)12-16(11-24)33(3)20-14-27-22(31-30-20)17-7-6-15(10-19(17)34)21-18(26)13-28-23(29-21)35-4/h6-7,10,13-14,16,32,34H,5,8-9,11-12H2,1-4H3/t16?,24-,25+. The van der Waals surface area contributed by atoms with E-state index in [-0.39, 0.29) is 34.4 Å². The zero-order chi connectivity index (χ0) is 24.8. The molecule has 2 saturated heterocycles. The van der Waals surface area contributed by atoms with Crippen LogP contribution in [0.4, 0.5) is 10.2 Å². The number of aromatic nitrogens is 5. The number of methoxy groups -OCH3 is 1. The summed E-state index contributed by atoms with van der Waals surface area (Å²) in [6, 6.07) is 5.05. The maximum absolute atomic E-state index is 14.2. The van der Waals surface area contributed by atoms with Crippen molar-refractivity contribution in [2.45, 2.75) is 63.1 Å². The SMILES string of the molecule is COc1ncc(F)c(-c2ccc(-c3ncc(N(C)C4C[C@]5(C)CCC[C@](C)(C4)N5)nn3)c(O)c2)n1. The minimum absolute atomic E-state index is 0.0313. The third-order valence-corrected chi connectivity index (χ3v) is 7.31. The number of hydrogen-bond donors (Lipinski definition) is 2. The summed E-state index contributed by atoms with van der Waals surface area (Å²) in [6.07, 6.45) is 8.40. The van der Waals surface area contributed by atoms with Crippen molar-refractivity contribution in [1.29, 1.82) is 0 Å². The number of anilines is 1. The van der Waals surface area contributed by atoms with Crippen molar-refractivity contribution < 1.29 is 14.2 Å². The second kappa shape index (κ2) is 8.67. The minimum Gasteiger partial charge on any atom is -0.507 e. The largest absolute Gasteiger partial charge is 0.507 e. The van der Waals surface area contributed by atoms with Gasteiger partial charge in [0.25, 0.3) is 0 Å². The van der Waals surface area contributed by atoms with E-state index in [0.717, 1.165) is 19.0 Å². The van der Waals surface area contributed by atoms with Crippen LogP contribution in [0.15, 0.2) is 30.6 Å². The number of benzene rings is 1. The smallest absolute Gasteiger partial charge is 0.316 e. The van der Waals surface area contributed by atoms with Gasteiger partial charge in [-0.2, -0.15) is 4.98 Å². The average molecular weight is 480 g/mol. The summed E-state index contributed by atoms with van der Waals surface area (Å²) in [6.45, 7) is 4.63. The van der Waals surface area contributed by atoms with Crippen LogP contribution in [-0.4, -0.2) is 61.5 Å². The molecule has 184 valence electrons. The molecule has 2 bridgehead atoms. The number of ether oxygens (including phenoxy) is 1. The second-order valence-electron chi connectivity index (χ2n) is 10.2. The first-order valence-corrected chi connectivity index (χ1v) is 11.8. The molecule has 0 amide bonds. The Morgan fingerprint density at radius 1 is 1.11 bits per heavy atom. The number of halogens is 1. The van der Waals surface area contributed by atoms with Crippen LogP contribution >= 0.6 is 0 Å². The Morgan fingerprint density at radius 2 is 1.86 bits per heavy atom. The van der Waals surface area contributed by atoms with Crippen molar-refractivity contribution in [3.05, 3.63) is 36.4 Å². The number of rotatable bonds is 5. The van der Waals surface area contributed by atoms with Crippen molar-refractivity contribution in [3.63, 3.8) is 0 Å². The molecule has 0 saturated carbocycles. The zero-order valence-electron chi connectivity index (χ0n) is 20.4. The lowest BCUT2D eigenvalue weighted by Crippen LogP contribution is -2.66. The van der Waals surface area contributed by atoms with E-state index in [4.69, 9.17) is 4.74 Å². The molecule has 0 aliphatic carbocycles. The van der Waals surface area contributed by atoms with Gasteiger partial charge < -0.3 is 20.1 Å². The van der Waals surface area contributed by atoms with Crippen LogP contribution in [0.5, 0.6) is 11.8 Å². The van der Waals surface area contributed by atoms with Crippen LogP contribution in [0.25, 0.3) is 22.6 Å². The summed E-state index contributed by atoms with van der Waals surface area (Å²) in [5.41, 5.74) is 1.07. The van der Waals surface area contributed by atoms with Gasteiger partial charge in [0.15, 0.2) is 17.5 Å². The summed E-state index contributed by atoms with van der Waals surface area (Å²) in [7, 11) is 3.45.